The Morgan fingerprint density at radius 1 is 1.18 bits per heavy atom. The van der Waals surface area contributed by atoms with Gasteiger partial charge in [0.2, 0.25) is 0 Å². The summed E-state index contributed by atoms with van der Waals surface area (Å²) in [6.07, 6.45) is 1.03. The number of hydrogen-bond acceptors (Lipinski definition) is 10. The van der Waals surface area contributed by atoms with E-state index in [9.17, 15) is 27.6 Å². The summed E-state index contributed by atoms with van der Waals surface area (Å²) in [7, 11) is 1.32. The fraction of sp³-hybridized carbons (Fsp3) is 0.471. The standard InChI is InChI=1S/C27H21ClF4N6O3S.C7H12FN/c1-40-27-36-20-17-21(41-7-6-38(25(17)37-27)11-3-2-10(8-11)35-26(39)23(31)32)18(28)16(19(20)30)12-4-5-14(29)22-15(12)13(9-33)24(34)42-22;8-6-4-7-2-1-3-9(7)5-6/h4-5,10-11,23H,2-3,6-8,34H2,1H3,(H,35,39);6-7H,1-5H2. The molecule has 8 rings (SSSR count). The van der Waals surface area contributed by atoms with Crippen LogP contribution in [-0.2, 0) is 4.79 Å². The van der Waals surface area contributed by atoms with Crippen molar-refractivity contribution in [1.82, 2.24) is 20.2 Å². The minimum Gasteiger partial charge on any atom is -0.489 e. The molecule has 1 amide bonds. The van der Waals surface area contributed by atoms with E-state index >= 15 is 4.39 Å². The molecule has 0 bridgehead atoms. The van der Waals surface area contributed by atoms with Crippen LogP contribution in [0.2, 0.25) is 5.02 Å². The van der Waals surface area contributed by atoms with Crippen LogP contribution in [0, 0.1) is 23.0 Å². The molecular formula is C34H33ClF5N7O3S. The van der Waals surface area contributed by atoms with Gasteiger partial charge in [0.1, 0.15) is 41.0 Å². The normalized spacial score (nSPS) is 22.8. The lowest BCUT2D eigenvalue weighted by Crippen LogP contribution is -2.40. The Balaban J connectivity index is 0.000000389. The minimum absolute atomic E-state index is 0.00583. The minimum atomic E-state index is -3.12. The largest absolute Gasteiger partial charge is 0.489 e. The maximum absolute atomic E-state index is 16.6. The Kier molecular flexibility index (Phi) is 9.72. The first-order chi connectivity index (χ1) is 24.5. The zero-order valence-corrected chi connectivity index (χ0v) is 28.9. The molecule has 5 heterocycles. The number of ether oxygens (including phenoxy) is 2. The molecule has 0 radical (unpaired) electrons. The number of hydrogen-bond donors (Lipinski definition) is 2. The Bertz CT molecular complexity index is 2050. The van der Waals surface area contributed by atoms with E-state index in [-0.39, 0.29) is 84.5 Å². The van der Waals surface area contributed by atoms with Crippen molar-refractivity contribution in [1.29, 1.82) is 5.26 Å². The lowest BCUT2D eigenvalue weighted by molar-refractivity contribution is -0.132. The number of halogens is 6. The van der Waals surface area contributed by atoms with E-state index in [0.29, 0.717) is 31.8 Å². The van der Waals surface area contributed by atoms with Crippen molar-refractivity contribution in [2.75, 3.05) is 44.0 Å². The lowest BCUT2D eigenvalue weighted by Gasteiger charge is -2.29. The van der Waals surface area contributed by atoms with Gasteiger partial charge in [-0.15, -0.1) is 11.3 Å². The van der Waals surface area contributed by atoms with Crippen LogP contribution in [0.15, 0.2) is 12.1 Å². The van der Waals surface area contributed by atoms with Crippen LogP contribution in [0.4, 0.5) is 32.8 Å². The molecule has 10 nitrogen and oxygen atoms in total. The maximum atomic E-state index is 16.6. The van der Waals surface area contributed by atoms with E-state index in [1.165, 1.54) is 26.0 Å². The van der Waals surface area contributed by atoms with Gasteiger partial charge >= 0.3 is 12.4 Å². The summed E-state index contributed by atoms with van der Waals surface area (Å²) in [5.41, 5.74) is 5.78. The molecule has 4 aromatic rings. The topological polar surface area (TPSA) is 130 Å². The van der Waals surface area contributed by atoms with E-state index in [1.54, 1.807) is 0 Å². The Morgan fingerprint density at radius 3 is 2.71 bits per heavy atom. The summed E-state index contributed by atoms with van der Waals surface area (Å²) < 4.78 is 81.0. The van der Waals surface area contributed by atoms with E-state index in [1.807, 2.05) is 11.0 Å². The fourth-order valence-electron chi connectivity index (χ4n) is 7.78. The van der Waals surface area contributed by atoms with Crippen molar-refractivity contribution < 1.29 is 36.2 Å². The second-order valence-electron chi connectivity index (χ2n) is 13.0. The van der Waals surface area contributed by atoms with Crippen molar-refractivity contribution in [3.63, 3.8) is 0 Å². The van der Waals surface area contributed by atoms with E-state index < -0.39 is 36.2 Å². The van der Waals surface area contributed by atoms with Crippen LogP contribution in [0.5, 0.6) is 11.8 Å². The molecule has 1 aliphatic carbocycles. The highest BCUT2D eigenvalue weighted by Gasteiger charge is 2.38. The predicted octanol–water partition coefficient (Wildman–Crippen LogP) is 6.60. The predicted molar refractivity (Wildman–Crippen MR) is 183 cm³/mol. The van der Waals surface area contributed by atoms with Gasteiger partial charge in [0.05, 0.1) is 34.3 Å². The molecule has 2 saturated heterocycles. The van der Waals surface area contributed by atoms with Gasteiger partial charge in [-0.25, -0.2) is 13.2 Å². The van der Waals surface area contributed by atoms with E-state index in [0.717, 1.165) is 30.4 Å². The van der Waals surface area contributed by atoms with Crippen molar-refractivity contribution in [2.45, 2.75) is 69.2 Å². The summed E-state index contributed by atoms with van der Waals surface area (Å²) >= 11 is 7.72. The number of rotatable bonds is 5. The monoisotopic (exact) mass is 749 g/mol. The van der Waals surface area contributed by atoms with Crippen LogP contribution in [-0.4, -0.2) is 84.8 Å². The number of thiophene rings is 1. The average molecular weight is 750 g/mol. The third kappa shape index (κ3) is 6.33. The van der Waals surface area contributed by atoms with Gasteiger partial charge in [-0.1, -0.05) is 17.7 Å². The summed E-state index contributed by atoms with van der Waals surface area (Å²) in [5, 5.41) is 12.3. The smallest absolute Gasteiger partial charge is 0.318 e. The molecular weight excluding hydrogens is 717 g/mol. The molecule has 4 aliphatic rings. The Labute approximate surface area is 298 Å². The van der Waals surface area contributed by atoms with Gasteiger partial charge in [-0.2, -0.15) is 24.0 Å². The Morgan fingerprint density at radius 2 is 1.98 bits per heavy atom. The highest BCUT2D eigenvalue weighted by atomic mass is 35.5. The number of nitriles is 1. The molecule has 17 heteroatoms. The molecule has 2 aromatic carbocycles. The third-order valence-electron chi connectivity index (χ3n) is 10.0. The van der Waals surface area contributed by atoms with Gasteiger partial charge in [-0.05, 0) is 56.7 Å². The Hall–Kier alpha value is -4.20. The number of benzene rings is 2. The van der Waals surface area contributed by atoms with Crippen LogP contribution >= 0.6 is 22.9 Å². The number of anilines is 2. The molecule has 3 fully saturated rings. The number of nitrogen functional groups attached to an aromatic ring is 1. The number of methoxy groups -OCH3 is 1. The molecule has 270 valence electrons. The molecule has 0 spiro atoms. The molecule has 3 N–H and O–H groups in total. The summed E-state index contributed by atoms with van der Waals surface area (Å²) in [4.78, 5) is 24.5. The number of carbonyl (C=O) groups excluding carboxylic acids is 1. The van der Waals surface area contributed by atoms with Crippen molar-refractivity contribution in [3.8, 4) is 29.0 Å². The number of aromatic nitrogens is 2. The molecule has 4 atom stereocenters. The zero-order valence-electron chi connectivity index (χ0n) is 27.3. The van der Waals surface area contributed by atoms with Crippen LogP contribution in [0.3, 0.4) is 0 Å². The lowest BCUT2D eigenvalue weighted by atomic mass is 9.96. The highest BCUT2D eigenvalue weighted by molar-refractivity contribution is 7.23. The van der Waals surface area contributed by atoms with Gasteiger partial charge in [0, 0.05) is 35.6 Å². The quantitative estimate of drug-likeness (QED) is 0.217. The molecule has 1 saturated carbocycles. The second-order valence-corrected chi connectivity index (χ2v) is 14.4. The highest BCUT2D eigenvalue weighted by Crippen LogP contribution is 2.51. The van der Waals surface area contributed by atoms with Crippen LogP contribution in [0.1, 0.15) is 44.1 Å². The van der Waals surface area contributed by atoms with E-state index in [2.05, 4.69) is 20.2 Å². The van der Waals surface area contributed by atoms with Crippen molar-refractivity contribution in [3.05, 3.63) is 34.4 Å². The number of alkyl halides is 3. The van der Waals surface area contributed by atoms with Crippen LogP contribution in [0.25, 0.3) is 32.1 Å². The van der Waals surface area contributed by atoms with Crippen molar-refractivity contribution in [2.24, 2.45) is 0 Å². The third-order valence-corrected chi connectivity index (χ3v) is 11.4. The summed E-state index contributed by atoms with van der Waals surface area (Å²) in [6, 6.07) is 4.17. The fourth-order valence-corrected chi connectivity index (χ4v) is 9.07. The van der Waals surface area contributed by atoms with Gasteiger partial charge in [-0.3, -0.25) is 9.69 Å². The number of nitrogens with zero attached hydrogens (tertiary/aromatic N) is 5. The number of amides is 1. The van der Waals surface area contributed by atoms with Gasteiger partial charge < -0.3 is 25.4 Å². The number of fused-ring (bicyclic) bond motifs is 2. The number of nitrogens with one attached hydrogen (secondary N) is 1. The first-order valence-electron chi connectivity index (χ1n) is 16.5. The van der Waals surface area contributed by atoms with Crippen molar-refractivity contribution >= 4 is 60.7 Å². The molecule has 2 aromatic heterocycles. The number of nitrogens with two attached hydrogens (primary N) is 1. The van der Waals surface area contributed by atoms with Gasteiger partial charge in [0.15, 0.2) is 11.6 Å². The number of carbonyl (C=O) groups is 1. The van der Waals surface area contributed by atoms with Crippen LogP contribution < -0.4 is 25.4 Å². The molecule has 3 aliphatic heterocycles. The molecule has 51 heavy (non-hydrogen) atoms. The molecule has 4 unspecified atom stereocenters. The SMILES string of the molecule is COc1nc2c3c(c(Cl)c(-c4ccc(F)c5sc(N)c(C#N)c45)c(F)c3n1)OCCN2C1CCC(NC(=O)C(F)F)C1.FC1CC2CCCN2C1. The average Bonchev–Trinajstić information content (AvgIpc) is 3.87. The first-order valence-corrected chi connectivity index (χ1v) is 17.7. The van der Waals surface area contributed by atoms with E-state index in [4.69, 9.17) is 26.8 Å². The van der Waals surface area contributed by atoms with Gasteiger partial charge in [0.25, 0.3) is 5.91 Å². The summed E-state index contributed by atoms with van der Waals surface area (Å²) in [5.74, 6) is -2.48. The second kappa shape index (κ2) is 14.1. The first kappa shape index (κ1) is 35.2. The maximum Gasteiger partial charge on any atom is 0.318 e. The summed E-state index contributed by atoms with van der Waals surface area (Å²) in [6.45, 7) is 2.23. The zero-order chi connectivity index (χ0) is 36.1.